The number of hydrogen-bond donors (Lipinski definition) is 3. The van der Waals surface area contributed by atoms with Crippen LogP contribution in [0.5, 0.6) is 0 Å². The Morgan fingerprint density at radius 1 is 0.933 bits per heavy atom. The lowest BCUT2D eigenvalue weighted by Crippen LogP contribution is -2.39. The summed E-state index contributed by atoms with van der Waals surface area (Å²) in [6.07, 6.45) is 4.64. The van der Waals surface area contributed by atoms with Crippen LogP contribution < -0.4 is 20.9 Å². The van der Waals surface area contributed by atoms with E-state index < -0.39 is 0 Å². The van der Waals surface area contributed by atoms with Crippen molar-refractivity contribution in [1.82, 2.24) is 24.8 Å². The second-order valence-corrected chi connectivity index (χ2v) is 11.3. The number of morpholine rings is 2. The fraction of sp³-hybridized carbons (Fsp3) is 0.438. The highest BCUT2D eigenvalue weighted by Crippen LogP contribution is 2.33. The zero-order valence-electron chi connectivity index (χ0n) is 25.1. The van der Waals surface area contributed by atoms with E-state index in [1.807, 2.05) is 54.9 Å². The highest BCUT2D eigenvalue weighted by molar-refractivity contribution is 5.99. The van der Waals surface area contributed by atoms with Gasteiger partial charge in [-0.3, -0.25) is 4.57 Å². The number of ether oxygens (including phenoxy) is 4. The van der Waals surface area contributed by atoms with Gasteiger partial charge in [0.05, 0.1) is 32.8 Å². The van der Waals surface area contributed by atoms with Gasteiger partial charge < -0.3 is 39.8 Å². The lowest BCUT2D eigenvalue weighted by atomic mass is 10.2. The Labute approximate surface area is 261 Å². The van der Waals surface area contributed by atoms with Gasteiger partial charge in [0.2, 0.25) is 0 Å². The zero-order chi connectivity index (χ0) is 30.4. The SMILES string of the molecule is O=C(Nc1ccc(COC2CNCCO2)cc1)Nc1ccc(-c2nc(N3CCOCC3)c3c(ncn3C3CCCCO3)n2)cc1. The summed E-state index contributed by atoms with van der Waals surface area (Å²) >= 11 is 0. The number of anilines is 3. The van der Waals surface area contributed by atoms with E-state index >= 15 is 0 Å². The van der Waals surface area contributed by atoms with Gasteiger partial charge >= 0.3 is 6.03 Å². The number of rotatable bonds is 8. The Hall–Kier alpha value is -4.14. The zero-order valence-corrected chi connectivity index (χ0v) is 25.1. The summed E-state index contributed by atoms with van der Waals surface area (Å²) in [7, 11) is 0. The molecule has 13 heteroatoms. The molecule has 7 rings (SSSR count). The molecule has 3 N–H and O–H groups in total. The molecular formula is C32H38N8O5. The molecule has 3 saturated heterocycles. The van der Waals surface area contributed by atoms with Crippen molar-refractivity contribution in [3.05, 3.63) is 60.4 Å². The number of hydrogen-bond acceptors (Lipinski definition) is 10. The molecule has 3 fully saturated rings. The molecule has 236 valence electrons. The van der Waals surface area contributed by atoms with Crippen molar-refractivity contribution in [2.45, 2.75) is 38.4 Å². The van der Waals surface area contributed by atoms with Gasteiger partial charge in [0.25, 0.3) is 0 Å². The number of imidazole rings is 1. The molecule has 2 atom stereocenters. The van der Waals surface area contributed by atoms with Crippen LogP contribution in [0, 0.1) is 0 Å². The van der Waals surface area contributed by atoms with Crippen LogP contribution >= 0.6 is 0 Å². The van der Waals surface area contributed by atoms with Gasteiger partial charge in [-0.2, -0.15) is 0 Å². The standard InChI is InChI=1S/C32H38N8O5/c41-32(35-24-8-4-22(5-9-24)20-45-27-19-33-12-16-44-27)36-25-10-6-23(7-11-25)29-37-30-28(31(38-29)39-13-17-42-18-14-39)40(21-34-30)26-3-1-2-15-43-26/h4-11,21,26-27,33H,1-3,12-20H2,(H2,35,36,41). The second-order valence-electron chi connectivity index (χ2n) is 11.3. The summed E-state index contributed by atoms with van der Waals surface area (Å²) in [5, 5.41) is 9.01. The van der Waals surface area contributed by atoms with Gasteiger partial charge in [-0.1, -0.05) is 12.1 Å². The first-order valence-corrected chi connectivity index (χ1v) is 15.6. The molecule has 2 aromatic carbocycles. The first-order chi connectivity index (χ1) is 22.2. The number of urea groups is 1. The highest BCUT2D eigenvalue weighted by Gasteiger charge is 2.25. The third-order valence-electron chi connectivity index (χ3n) is 8.13. The Bertz CT molecular complexity index is 1580. The van der Waals surface area contributed by atoms with Gasteiger partial charge in [-0.15, -0.1) is 0 Å². The molecule has 13 nitrogen and oxygen atoms in total. The van der Waals surface area contributed by atoms with E-state index in [9.17, 15) is 4.79 Å². The maximum Gasteiger partial charge on any atom is 0.323 e. The van der Waals surface area contributed by atoms with Crippen LogP contribution in [-0.4, -0.2) is 84.4 Å². The molecule has 4 aromatic rings. The Balaban J connectivity index is 1.02. The molecule has 0 saturated carbocycles. The molecule has 0 bridgehead atoms. The van der Waals surface area contributed by atoms with Crippen LogP contribution in [-0.2, 0) is 25.6 Å². The normalized spacial score (nSPS) is 20.7. The third kappa shape index (κ3) is 7.08. The maximum atomic E-state index is 12.7. The van der Waals surface area contributed by atoms with Gasteiger partial charge in [-0.05, 0) is 61.2 Å². The summed E-state index contributed by atoms with van der Waals surface area (Å²) in [6.45, 7) is 6.11. The Morgan fingerprint density at radius 2 is 1.71 bits per heavy atom. The third-order valence-corrected chi connectivity index (χ3v) is 8.13. The fourth-order valence-electron chi connectivity index (χ4n) is 5.73. The molecule has 0 radical (unpaired) electrons. The molecule has 0 aliphatic carbocycles. The predicted molar refractivity (Wildman–Crippen MR) is 169 cm³/mol. The Kier molecular flexibility index (Phi) is 9.12. The van der Waals surface area contributed by atoms with Crippen molar-refractivity contribution in [2.24, 2.45) is 0 Å². The first-order valence-electron chi connectivity index (χ1n) is 15.6. The topological polar surface area (TPSA) is 137 Å². The van der Waals surface area contributed by atoms with Crippen LogP contribution in [0.4, 0.5) is 22.0 Å². The smallest absolute Gasteiger partial charge is 0.323 e. The monoisotopic (exact) mass is 614 g/mol. The van der Waals surface area contributed by atoms with Gasteiger partial charge in [0.15, 0.2) is 23.6 Å². The molecule has 45 heavy (non-hydrogen) atoms. The number of fused-ring (bicyclic) bond motifs is 1. The summed E-state index contributed by atoms with van der Waals surface area (Å²) < 4.78 is 25.1. The van der Waals surface area contributed by atoms with Gasteiger partial charge in [0.1, 0.15) is 11.7 Å². The molecule has 3 aliphatic heterocycles. The summed E-state index contributed by atoms with van der Waals surface area (Å²) in [5.74, 6) is 1.41. The summed E-state index contributed by atoms with van der Waals surface area (Å²) in [6, 6.07) is 14.7. The van der Waals surface area contributed by atoms with E-state index in [0.717, 1.165) is 68.0 Å². The number of carbonyl (C=O) groups excluding carboxylic acids is 1. The quantitative estimate of drug-likeness (QED) is 0.266. The minimum absolute atomic E-state index is 0.0689. The van der Waals surface area contributed by atoms with E-state index in [4.69, 9.17) is 28.9 Å². The van der Waals surface area contributed by atoms with Crippen molar-refractivity contribution >= 4 is 34.4 Å². The number of nitrogens with zero attached hydrogens (tertiary/aromatic N) is 5. The number of nitrogens with one attached hydrogen (secondary N) is 3. The highest BCUT2D eigenvalue weighted by atomic mass is 16.7. The van der Waals surface area contributed by atoms with Crippen LogP contribution in [0.25, 0.3) is 22.6 Å². The second kappa shape index (κ2) is 13.9. The Morgan fingerprint density at radius 3 is 2.42 bits per heavy atom. The predicted octanol–water partition coefficient (Wildman–Crippen LogP) is 4.14. The number of aromatic nitrogens is 4. The van der Waals surface area contributed by atoms with Crippen LogP contribution in [0.1, 0.15) is 31.1 Å². The first kappa shape index (κ1) is 29.6. The maximum absolute atomic E-state index is 12.7. The summed E-state index contributed by atoms with van der Waals surface area (Å²) in [5.41, 5.74) is 4.67. The van der Waals surface area contributed by atoms with Crippen LogP contribution in [0.2, 0.25) is 0 Å². The molecule has 2 aromatic heterocycles. The molecule has 3 aliphatic rings. The number of carbonyl (C=O) groups is 1. The van der Waals surface area contributed by atoms with Crippen molar-refractivity contribution < 1.29 is 23.7 Å². The molecular weight excluding hydrogens is 576 g/mol. The lowest BCUT2D eigenvalue weighted by Gasteiger charge is -2.30. The average molecular weight is 615 g/mol. The fourth-order valence-corrected chi connectivity index (χ4v) is 5.73. The largest absolute Gasteiger partial charge is 0.378 e. The van der Waals surface area contributed by atoms with E-state index in [2.05, 4.69) is 30.4 Å². The summed E-state index contributed by atoms with van der Waals surface area (Å²) in [4.78, 5) is 29.5. The van der Waals surface area contributed by atoms with Gasteiger partial charge in [-0.25, -0.2) is 19.7 Å². The number of benzene rings is 2. The minimum atomic E-state index is -0.337. The van der Waals surface area contributed by atoms with Crippen LogP contribution in [0.3, 0.4) is 0 Å². The van der Waals surface area contributed by atoms with E-state index in [0.29, 0.717) is 55.8 Å². The van der Waals surface area contributed by atoms with Crippen molar-refractivity contribution in [3.8, 4) is 11.4 Å². The lowest BCUT2D eigenvalue weighted by molar-refractivity contribution is -0.159. The van der Waals surface area contributed by atoms with Crippen molar-refractivity contribution in [3.63, 3.8) is 0 Å². The molecule has 2 amide bonds. The molecule has 5 heterocycles. The van der Waals surface area contributed by atoms with Crippen molar-refractivity contribution in [2.75, 3.05) is 68.1 Å². The van der Waals surface area contributed by atoms with Crippen LogP contribution in [0.15, 0.2) is 54.9 Å². The molecule has 2 unspecified atom stereocenters. The average Bonchev–Trinajstić information content (AvgIpc) is 3.53. The van der Waals surface area contributed by atoms with Crippen molar-refractivity contribution in [1.29, 1.82) is 0 Å². The number of amides is 2. The van der Waals surface area contributed by atoms with E-state index in [1.54, 1.807) is 0 Å². The minimum Gasteiger partial charge on any atom is -0.378 e. The van der Waals surface area contributed by atoms with E-state index in [1.165, 1.54) is 0 Å². The van der Waals surface area contributed by atoms with E-state index in [-0.39, 0.29) is 18.5 Å². The molecule has 0 spiro atoms. The van der Waals surface area contributed by atoms with Gasteiger partial charge in [0, 0.05) is 49.7 Å².